The van der Waals surface area contributed by atoms with Crippen molar-refractivity contribution in [1.82, 2.24) is 9.88 Å². The summed E-state index contributed by atoms with van der Waals surface area (Å²) in [5.41, 5.74) is 1.34. The summed E-state index contributed by atoms with van der Waals surface area (Å²) >= 11 is 0. The molecule has 0 saturated carbocycles. The maximum Gasteiger partial charge on any atom is 0.272 e. The van der Waals surface area contributed by atoms with Crippen molar-refractivity contribution in [3.05, 3.63) is 24.0 Å². The fourth-order valence-electron chi connectivity index (χ4n) is 1.45. The van der Waals surface area contributed by atoms with Gasteiger partial charge in [-0.3, -0.25) is 9.78 Å². The van der Waals surface area contributed by atoms with E-state index in [9.17, 15) is 4.79 Å². The van der Waals surface area contributed by atoms with E-state index in [1.54, 1.807) is 31.3 Å². The van der Waals surface area contributed by atoms with Gasteiger partial charge in [-0.05, 0) is 18.6 Å². The Hall–Kier alpha value is -1.62. The zero-order valence-electron chi connectivity index (χ0n) is 10.6. The van der Waals surface area contributed by atoms with Crippen molar-refractivity contribution in [3.8, 4) is 0 Å². The van der Waals surface area contributed by atoms with E-state index >= 15 is 0 Å². The lowest BCUT2D eigenvalue weighted by atomic mass is 10.3. The quantitative estimate of drug-likeness (QED) is 0.756. The van der Waals surface area contributed by atoms with Gasteiger partial charge in [0, 0.05) is 46.2 Å². The SMILES string of the molecule is CNc1ccnc(C(=O)N(C)CCCOC)c1. The Bertz CT molecular complexity index is 369. The molecule has 1 rings (SSSR count). The molecule has 1 heterocycles. The van der Waals surface area contributed by atoms with Crippen molar-refractivity contribution in [3.63, 3.8) is 0 Å². The van der Waals surface area contributed by atoms with Crippen LogP contribution in [0.1, 0.15) is 16.9 Å². The molecular formula is C12H19N3O2. The summed E-state index contributed by atoms with van der Waals surface area (Å²) in [6.07, 6.45) is 2.45. The number of methoxy groups -OCH3 is 1. The minimum Gasteiger partial charge on any atom is -0.388 e. The molecule has 0 aliphatic rings. The van der Waals surface area contributed by atoms with Gasteiger partial charge in [-0.1, -0.05) is 0 Å². The highest BCUT2D eigenvalue weighted by molar-refractivity contribution is 5.92. The molecule has 0 unspecified atom stereocenters. The van der Waals surface area contributed by atoms with Gasteiger partial charge in [0.1, 0.15) is 5.69 Å². The highest BCUT2D eigenvalue weighted by Crippen LogP contribution is 2.08. The Labute approximate surface area is 102 Å². The molecule has 1 N–H and O–H groups in total. The van der Waals surface area contributed by atoms with Gasteiger partial charge in [0.2, 0.25) is 0 Å². The molecule has 0 fully saturated rings. The smallest absolute Gasteiger partial charge is 0.272 e. The highest BCUT2D eigenvalue weighted by Gasteiger charge is 2.12. The number of hydrogen-bond donors (Lipinski definition) is 1. The van der Waals surface area contributed by atoms with Crippen LogP contribution in [0.5, 0.6) is 0 Å². The van der Waals surface area contributed by atoms with Gasteiger partial charge in [-0.25, -0.2) is 0 Å². The summed E-state index contributed by atoms with van der Waals surface area (Å²) in [7, 11) is 5.23. The molecule has 0 aromatic carbocycles. The summed E-state index contributed by atoms with van der Waals surface area (Å²) in [5, 5.41) is 2.98. The number of rotatable bonds is 6. The molecule has 5 heteroatoms. The van der Waals surface area contributed by atoms with Crippen LogP contribution >= 0.6 is 0 Å². The standard InChI is InChI=1S/C12H19N3O2/c1-13-10-5-6-14-11(9-10)12(16)15(2)7-4-8-17-3/h5-6,9H,4,7-8H2,1-3H3,(H,13,14). The van der Waals surface area contributed by atoms with Gasteiger partial charge < -0.3 is 15.0 Å². The number of carbonyl (C=O) groups excluding carboxylic acids is 1. The Morgan fingerprint density at radius 3 is 3.00 bits per heavy atom. The molecular weight excluding hydrogens is 218 g/mol. The van der Waals surface area contributed by atoms with Gasteiger partial charge in [0.25, 0.3) is 5.91 Å². The molecule has 5 nitrogen and oxygen atoms in total. The maximum atomic E-state index is 12.0. The number of nitrogens with zero attached hydrogens (tertiary/aromatic N) is 2. The molecule has 94 valence electrons. The van der Waals surface area contributed by atoms with Crippen molar-refractivity contribution in [2.45, 2.75) is 6.42 Å². The molecule has 0 radical (unpaired) electrons. The highest BCUT2D eigenvalue weighted by atomic mass is 16.5. The van der Waals surface area contributed by atoms with Gasteiger partial charge in [-0.15, -0.1) is 0 Å². The lowest BCUT2D eigenvalue weighted by Crippen LogP contribution is -2.29. The van der Waals surface area contributed by atoms with Crippen LogP contribution in [0.4, 0.5) is 5.69 Å². The van der Waals surface area contributed by atoms with Crippen LogP contribution in [0.15, 0.2) is 18.3 Å². The third-order valence-electron chi connectivity index (χ3n) is 2.46. The van der Waals surface area contributed by atoms with Crippen molar-refractivity contribution in [2.75, 3.05) is 39.7 Å². The maximum absolute atomic E-state index is 12.0. The Kier molecular flexibility index (Phi) is 5.42. The van der Waals surface area contributed by atoms with Crippen LogP contribution in [-0.4, -0.2) is 50.1 Å². The lowest BCUT2D eigenvalue weighted by molar-refractivity contribution is 0.0773. The van der Waals surface area contributed by atoms with Crippen molar-refractivity contribution in [1.29, 1.82) is 0 Å². The van der Waals surface area contributed by atoms with E-state index in [1.165, 1.54) is 0 Å². The van der Waals surface area contributed by atoms with E-state index in [0.29, 0.717) is 18.8 Å². The molecule has 0 bridgehead atoms. The zero-order valence-corrected chi connectivity index (χ0v) is 10.6. The first kappa shape index (κ1) is 13.4. The average Bonchev–Trinajstić information content (AvgIpc) is 2.38. The molecule has 1 aromatic heterocycles. The second-order valence-corrected chi connectivity index (χ2v) is 3.75. The van der Waals surface area contributed by atoms with Crippen LogP contribution in [0.3, 0.4) is 0 Å². The van der Waals surface area contributed by atoms with Gasteiger partial charge in [-0.2, -0.15) is 0 Å². The Morgan fingerprint density at radius 2 is 2.35 bits per heavy atom. The van der Waals surface area contributed by atoms with E-state index in [4.69, 9.17) is 4.74 Å². The van der Waals surface area contributed by atoms with E-state index < -0.39 is 0 Å². The second-order valence-electron chi connectivity index (χ2n) is 3.75. The van der Waals surface area contributed by atoms with Crippen LogP contribution in [0, 0.1) is 0 Å². The Balaban J connectivity index is 2.61. The van der Waals surface area contributed by atoms with Crippen molar-refractivity contribution in [2.24, 2.45) is 0 Å². The number of pyridine rings is 1. The molecule has 0 aliphatic carbocycles. The first-order valence-electron chi connectivity index (χ1n) is 5.57. The first-order valence-corrected chi connectivity index (χ1v) is 5.57. The Morgan fingerprint density at radius 1 is 1.59 bits per heavy atom. The van der Waals surface area contributed by atoms with Crippen LogP contribution in [0.25, 0.3) is 0 Å². The molecule has 0 atom stereocenters. The van der Waals surface area contributed by atoms with Gasteiger partial charge in [0.05, 0.1) is 0 Å². The average molecular weight is 237 g/mol. The fraction of sp³-hybridized carbons (Fsp3) is 0.500. The van der Waals surface area contributed by atoms with Crippen LogP contribution < -0.4 is 5.32 Å². The fourth-order valence-corrected chi connectivity index (χ4v) is 1.45. The molecule has 0 saturated heterocycles. The monoisotopic (exact) mass is 237 g/mol. The molecule has 17 heavy (non-hydrogen) atoms. The number of amides is 1. The van der Waals surface area contributed by atoms with Crippen molar-refractivity contribution >= 4 is 11.6 Å². The summed E-state index contributed by atoms with van der Waals surface area (Å²) in [6, 6.07) is 3.57. The normalized spacial score (nSPS) is 10.1. The number of hydrogen-bond acceptors (Lipinski definition) is 4. The molecule has 0 spiro atoms. The molecule has 0 aliphatic heterocycles. The number of carbonyl (C=O) groups is 1. The van der Waals surface area contributed by atoms with E-state index in [2.05, 4.69) is 10.3 Å². The number of nitrogens with one attached hydrogen (secondary N) is 1. The number of ether oxygens (including phenoxy) is 1. The van der Waals surface area contributed by atoms with Gasteiger partial charge >= 0.3 is 0 Å². The zero-order chi connectivity index (χ0) is 12.7. The van der Waals surface area contributed by atoms with E-state index in [0.717, 1.165) is 12.1 Å². The van der Waals surface area contributed by atoms with E-state index in [1.807, 2.05) is 13.1 Å². The number of aromatic nitrogens is 1. The number of anilines is 1. The first-order chi connectivity index (χ1) is 8.19. The summed E-state index contributed by atoms with van der Waals surface area (Å²) < 4.78 is 4.95. The predicted octanol–water partition coefficient (Wildman–Crippen LogP) is 1.23. The predicted molar refractivity (Wildman–Crippen MR) is 67.2 cm³/mol. The topological polar surface area (TPSA) is 54.5 Å². The van der Waals surface area contributed by atoms with Crippen LogP contribution in [-0.2, 0) is 4.74 Å². The summed E-state index contributed by atoms with van der Waals surface area (Å²) in [6.45, 7) is 1.32. The second kappa shape index (κ2) is 6.85. The van der Waals surface area contributed by atoms with Crippen molar-refractivity contribution < 1.29 is 9.53 Å². The molecule has 1 amide bonds. The molecule has 1 aromatic rings. The minimum absolute atomic E-state index is 0.0711. The largest absolute Gasteiger partial charge is 0.388 e. The minimum atomic E-state index is -0.0711. The van der Waals surface area contributed by atoms with E-state index in [-0.39, 0.29) is 5.91 Å². The summed E-state index contributed by atoms with van der Waals surface area (Å²) in [4.78, 5) is 17.7. The van der Waals surface area contributed by atoms with Gasteiger partial charge in [0.15, 0.2) is 0 Å². The summed E-state index contributed by atoms with van der Waals surface area (Å²) in [5.74, 6) is -0.0711. The van der Waals surface area contributed by atoms with Crippen LogP contribution in [0.2, 0.25) is 0 Å². The lowest BCUT2D eigenvalue weighted by Gasteiger charge is -2.16. The third-order valence-corrected chi connectivity index (χ3v) is 2.46. The third kappa shape index (κ3) is 4.03.